The molecule has 1 heterocycles. The highest BCUT2D eigenvalue weighted by molar-refractivity contribution is 5.77. The summed E-state index contributed by atoms with van der Waals surface area (Å²) in [6.45, 7) is 1.42. The van der Waals surface area contributed by atoms with Crippen molar-refractivity contribution in [2.75, 3.05) is 34.0 Å². The Kier molecular flexibility index (Phi) is 7.04. The molecule has 0 atom stereocenters. The summed E-state index contributed by atoms with van der Waals surface area (Å²) in [5.74, 6) is 1.18. The predicted octanol–water partition coefficient (Wildman–Crippen LogP) is 2.14. The molecule has 0 bridgehead atoms. The van der Waals surface area contributed by atoms with Crippen molar-refractivity contribution in [3.05, 3.63) is 54.4 Å². The minimum atomic E-state index is -0.105. The van der Waals surface area contributed by atoms with Crippen LogP contribution in [-0.4, -0.2) is 49.8 Å². The molecule has 2 rings (SSSR count). The van der Waals surface area contributed by atoms with E-state index in [0.29, 0.717) is 31.2 Å². The maximum Gasteiger partial charge on any atom is 0.260 e. The average Bonchev–Trinajstić information content (AvgIpc) is 2.64. The van der Waals surface area contributed by atoms with Gasteiger partial charge >= 0.3 is 0 Å². The molecule has 6 nitrogen and oxygen atoms in total. The molecule has 0 aliphatic rings. The van der Waals surface area contributed by atoms with E-state index >= 15 is 0 Å². The summed E-state index contributed by atoms with van der Waals surface area (Å²) in [5.41, 5.74) is 1.01. The Labute approximate surface area is 142 Å². The number of ether oxygens (including phenoxy) is 3. The van der Waals surface area contributed by atoms with Crippen LogP contribution in [0.5, 0.6) is 11.5 Å². The number of hydrogen-bond donors (Lipinski definition) is 0. The molecule has 0 fully saturated rings. The monoisotopic (exact) mass is 330 g/mol. The van der Waals surface area contributed by atoms with Gasteiger partial charge in [-0.3, -0.25) is 9.78 Å². The Morgan fingerprint density at radius 3 is 2.58 bits per heavy atom. The molecule has 128 valence electrons. The van der Waals surface area contributed by atoms with Crippen molar-refractivity contribution in [2.24, 2.45) is 0 Å². The van der Waals surface area contributed by atoms with Gasteiger partial charge in [0.15, 0.2) is 6.61 Å². The van der Waals surface area contributed by atoms with Gasteiger partial charge in [0.1, 0.15) is 11.5 Å². The summed E-state index contributed by atoms with van der Waals surface area (Å²) >= 11 is 0. The molecule has 0 saturated heterocycles. The molecule has 0 aliphatic carbocycles. The van der Waals surface area contributed by atoms with Crippen LogP contribution in [0.3, 0.4) is 0 Å². The Bertz CT molecular complexity index is 634. The van der Waals surface area contributed by atoms with Crippen LogP contribution in [0.25, 0.3) is 0 Å². The van der Waals surface area contributed by atoms with Crippen LogP contribution >= 0.6 is 0 Å². The van der Waals surface area contributed by atoms with Crippen molar-refractivity contribution in [3.8, 4) is 11.5 Å². The normalized spacial score (nSPS) is 10.2. The summed E-state index contributed by atoms with van der Waals surface area (Å²) in [7, 11) is 3.20. The van der Waals surface area contributed by atoms with Gasteiger partial charge in [0.05, 0.1) is 13.7 Å². The van der Waals surface area contributed by atoms with E-state index in [-0.39, 0.29) is 12.5 Å². The maximum absolute atomic E-state index is 12.5. The van der Waals surface area contributed by atoms with Crippen molar-refractivity contribution >= 4 is 5.91 Å². The summed E-state index contributed by atoms with van der Waals surface area (Å²) < 4.78 is 15.8. The third-order valence-corrected chi connectivity index (χ3v) is 3.44. The van der Waals surface area contributed by atoms with Gasteiger partial charge < -0.3 is 19.1 Å². The minimum absolute atomic E-state index is 0.0397. The first-order chi connectivity index (χ1) is 11.7. The van der Waals surface area contributed by atoms with Crippen molar-refractivity contribution in [1.29, 1.82) is 0 Å². The zero-order chi connectivity index (χ0) is 17.2. The quantitative estimate of drug-likeness (QED) is 0.705. The van der Waals surface area contributed by atoms with Gasteiger partial charge in [-0.15, -0.1) is 0 Å². The van der Waals surface area contributed by atoms with Crippen LogP contribution in [0.2, 0.25) is 0 Å². The number of methoxy groups -OCH3 is 2. The number of carbonyl (C=O) groups is 1. The van der Waals surface area contributed by atoms with Crippen LogP contribution in [0.4, 0.5) is 0 Å². The van der Waals surface area contributed by atoms with E-state index < -0.39 is 0 Å². The first kappa shape index (κ1) is 17.7. The number of rotatable bonds is 9. The zero-order valence-electron chi connectivity index (χ0n) is 14.0. The van der Waals surface area contributed by atoms with Gasteiger partial charge in [-0.2, -0.15) is 0 Å². The van der Waals surface area contributed by atoms with E-state index in [1.165, 1.54) is 0 Å². The van der Waals surface area contributed by atoms with Crippen LogP contribution in [0, 0.1) is 0 Å². The van der Waals surface area contributed by atoms with E-state index in [1.54, 1.807) is 43.6 Å². The molecule has 0 radical (unpaired) electrons. The molecule has 6 heteroatoms. The molecule has 1 aromatic heterocycles. The van der Waals surface area contributed by atoms with Gasteiger partial charge in [0.25, 0.3) is 5.91 Å². The largest absolute Gasteiger partial charge is 0.497 e. The molecule has 24 heavy (non-hydrogen) atoms. The maximum atomic E-state index is 12.5. The number of benzene rings is 1. The second-order valence-corrected chi connectivity index (χ2v) is 5.13. The highest BCUT2D eigenvalue weighted by Gasteiger charge is 2.15. The van der Waals surface area contributed by atoms with E-state index in [9.17, 15) is 4.79 Å². The summed E-state index contributed by atoms with van der Waals surface area (Å²) in [6, 6.07) is 10.9. The minimum Gasteiger partial charge on any atom is -0.497 e. The van der Waals surface area contributed by atoms with E-state index in [4.69, 9.17) is 14.2 Å². The lowest BCUT2D eigenvalue weighted by Gasteiger charge is -2.22. The lowest BCUT2D eigenvalue weighted by Crippen LogP contribution is -2.36. The Hall–Kier alpha value is -2.60. The third-order valence-electron chi connectivity index (χ3n) is 3.44. The van der Waals surface area contributed by atoms with Crippen molar-refractivity contribution < 1.29 is 19.0 Å². The van der Waals surface area contributed by atoms with Crippen LogP contribution in [0.15, 0.2) is 48.8 Å². The van der Waals surface area contributed by atoms with E-state index in [1.807, 2.05) is 24.3 Å². The average molecular weight is 330 g/mol. The number of pyridine rings is 1. The molecule has 2 aromatic rings. The fourth-order valence-corrected chi connectivity index (χ4v) is 2.13. The topological polar surface area (TPSA) is 60.9 Å². The molecule has 0 aliphatic heterocycles. The van der Waals surface area contributed by atoms with Gasteiger partial charge in [-0.25, -0.2) is 0 Å². The second kappa shape index (κ2) is 9.52. The molecule has 0 unspecified atom stereocenters. The lowest BCUT2D eigenvalue weighted by molar-refractivity contribution is -0.134. The van der Waals surface area contributed by atoms with E-state index in [2.05, 4.69) is 4.98 Å². The predicted molar refractivity (Wildman–Crippen MR) is 90.0 cm³/mol. The molecular formula is C18H22N2O4. The van der Waals surface area contributed by atoms with E-state index in [0.717, 1.165) is 5.56 Å². The first-order valence-electron chi connectivity index (χ1n) is 7.65. The standard InChI is InChI=1S/C18H22N2O4/c1-22-11-10-20(13-15-6-8-19-9-7-15)18(21)14-24-17-5-3-4-16(12-17)23-2/h3-9,12H,10-11,13-14H2,1-2H3. The highest BCUT2D eigenvalue weighted by Crippen LogP contribution is 2.18. The zero-order valence-corrected chi connectivity index (χ0v) is 14.0. The summed E-state index contributed by atoms with van der Waals surface area (Å²) in [4.78, 5) is 18.2. The molecule has 1 amide bonds. The molecule has 1 aromatic carbocycles. The summed E-state index contributed by atoms with van der Waals surface area (Å²) in [6.07, 6.45) is 3.42. The molecule has 0 spiro atoms. The van der Waals surface area contributed by atoms with Gasteiger partial charge in [-0.1, -0.05) is 6.07 Å². The summed E-state index contributed by atoms with van der Waals surface area (Å²) in [5, 5.41) is 0. The lowest BCUT2D eigenvalue weighted by atomic mass is 10.2. The Morgan fingerprint density at radius 2 is 1.88 bits per heavy atom. The van der Waals surface area contributed by atoms with Crippen LogP contribution in [-0.2, 0) is 16.1 Å². The number of amides is 1. The van der Waals surface area contributed by atoms with Crippen molar-refractivity contribution in [1.82, 2.24) is 9.88 Å². The molecule has 0 saturated carbocycles. The van der Waals surface area contributed by atoms with Crippen LogP contribution < -0.4 is 9.47 Å². The SMILES string of the molecule is COCCN(Cc1ccncc1)C(=O)COc1cccc(OC)c1. The fourth-order valence-electron chi connectivity index (χ4n) is 2.13. The number of hydrogen-bond acceptors (Lipinski definition) is 5. The fraction of sp³-hybridized carbons (Fsp3) is 0.333. The first-order valence-corrected chi connectivity index (χ1v) is 7.65. The van der Waals surface area contributed by atoms with Crippen molar-refractivity contribution in [3.63, 3.8) is 0 Å². The number of carbonyl (C=O) groups excluding carboxylic acids is 1. The number of aromatic nitrogens is 1. The van der Waals surface area contributed by atoms with Gasteiger partial charge in [0, 0.05) is 38.7 Å². The smallest absolute Gasteiger partial charge is 0.260 e. The Morgan fingerprint density at radius 1 is 1.12 bits per heavy atom. The number of nitrogens with zero attached hydrogens (tertiary/aromatic N) is 2. The second-order valence-electron chi connectivity index (χ2n) is 5.13. The third kappa shape index (κ3) is 5.55. The van der Waals surface area contributed by atoms with Gasteiger partial charge in [0.2, 0.25) is 0 Å². The molecule has 0 N–H and O–H groups in total. The van der Waals surface area contributed by atoms with Crippen LogP contribution in [0.1, 0.15) is 5.56 Å². The van der Waals surface area contributed by atoms with Crippen molar-refractivity contribution in [2.45, 2.75) is 6.54 Å². The highest BCUT2D eigenvalue weighted by atomic mass is 16.5. The Balaban J connectivity index is 1.96. The molecular weight excluding hydrogens is 308 g/mol. The van der Waals surface area contributed by atoms with Gasteiger partial charge in [-0.05, 0) is 29.8 Å².